The molecule has 0 saturated heterocycles. The summed E-state index contributed by atoms with van der Waals surface area (Å²) in [5.41, 5.74) is 0.608. The maximum absolute atomic E-state index is 12.8. The summed E-state index contributed by atoms with van der Waals surface area (Å²) in [6, 6.07) is 11.5. The molecular weight excluding hydrogens is 366 g/mol. The standard InChI is InChI=1S/C18H19N5O3S/c1-26-15-8-4-13(5-9-15)11-21(14-6-7-14)16(24)12-22-18(25)23(20-19-22)17-3-2-10-27-17/h2-5,8-10,14H,6-7,11-12H2,1H3. The van der Waals surface area contributed by atoms with Crippen LogP contribution >= 0.6 is 11.3 Å². The summed E-state index contributed by atoms with van der Waals surface area (Å²) in [6.07, 6.45) is 1.97. The fourth-order valence-corrected chi connectivity index (χ4v) is 3.52. The summed E-state index contributed by atoms with van der Waals surface area (Å²) in [6.45, 7) is 0.387. The van der Waals surface area contributed by atoms with Crippen LogP contribution in [0, 0.1) is 0 Å². The highest BCUT2D eigenvalue weighted by Crippen LogP contribution is 2.29. The van der Waals surface area contributed by atoms with Crippen LogP contribution in [-0.2, 0) is 17.9 Å². The third kappa shape index (κ3) is 3.77. The Morgan fingerprint density at radius 3 is 2.67 bits per heavy atom. The van der Waals surface area contributed by atoms with E-state index in [4.69, 9.17) is 4.74 Å². The van der Waals surface area contributed by atoms with Gasteiger partial charge in [-0.25, -0.2) is 4.79 Å². The quantitative estimate of drug-likeness (QED) is 0.618. The molecule has 1 amide bonds. The Kier molecular flexibility index (Phi) is 4.76. The molecule has 3 aromatic rings. The minimum Gasteiger partial charge on any atom is -0.497 e. The molecule has 8 nitrogen and oxygen atoms in total. The first-order valence-electron chi connectivity index (χ1n) is 8.65. The number of ether oxygens (including phenoxy) is 1. The summed E-state index contributed by atoms with van der Waals surface area (Å²) in [4.78, 5) is 27.1. The molecule has 0 unspecified atom stereocenters. The van der Waals surface area contributed by atoms with Crippen LogP contribution < -0.4 is 10.4 Å². The van der Waals surface area contributed by atoms with Crippen LogP contribution in [0.25, 0.3) is 5.00 Å². The van der Waals surface area contributed by atoms with Gasteiger partial charge >= 0.3 is 5.69 Å². The molecule has 1 fully saturated rings. The van der Waals surface area contributed by atoms with Gasteiger partial charge in [0.05, 0.1) is 7.11 Å². The molecule has 2 heterocycles. The van der Waals surface area contributed by atoms with Crippen LogP contribution in [0.15, 0.2) is 46.6 Å². The van der Waals surface area contributed by atoms with Gasteiger partial charge in [0.15, 0.2) is 0 Å². The lowest BCUT2D eigenvalue weighted by Gasteiger charge is -2.22. The number of rotatable bonds is 7. The number of methoxy groups -OCH3 is 1. The van der Waals surface area contributed by atoms with Gasteiger partial charge in [-0.15, -0.1) is 11.3 Å². The molecule has 4 rings (SSSR count). The van der Waals surface area contributed by atoms with E-state index < -0.39 is 5.69 Å². The van der Waals surface area contributed by atoms with Gasteiger partial charge in [0.1, 0.15) is 17.3 Å². The highest BCUT2D eigenvalue weighted by molar-refractivity contribution is 7.12. The molecule has 0 aliphatic heterocycles. The van der Waals surface area contributed by atoms with Gasteiger partial charge in [-0.3, -0.25) is 4.79 Å². The van der Waals surface area contributed by atoms with Crippen molar-refractivity contribution < 1.29 is 9.53 Å². The minimum atomic E-state index is -0.411. The van der Waals surface area contributed by atoms with Gasteiger partial charge in [-0.2, -0.15) is 9.36 Å². The van der Waals surface area contributed by atoms with Crippen molar-refractivity contribution in [1.82, 2.24) is 24.7 Å². The van der Waals surface area contributed by atoms with Crippen molar-refractivity contribution in [3.05, 3.63) is 57.8 Å². The smallest absolute Gasteiger partial charge is 0.369 e. The predicted molar refractivity (Wildman–Crippen MR) is 100 cm³/mol. The number of carbonyl (C=O) groups excluding carboxylic acids is 1. The molecular formula is C18H19N5O3S. The summed E-state index contributed by atoms with van der Waals surface area (Å²) >= 11 is 1.39. The van der Waals surface area contributed by atoms with E-state index in [1.807, 2.05) is 40.6 Å². The van der Waals surface area contributed by atoms with Crippen LogP contribution in [-0.4, -0.2) is 43.7 Å². The summed E-state index contributed by atoms with van der Waals surface area (Å²) in [7, 11) is 1.62. The van der Waals surface area contributed by atoms with Gasteiger partial charge < -0.3 is 9.64 Å². The molecule has 0 atom stereocenters. The summed E-state index contributed by atoms with van der Waals surface area (Å²) < 4.78 is 7.50. The number of hydrogen-bond acceptors (Lipinski definition) is 6. The molecule has 0 N–H and O–H groups in total. The molecule has 1 aromatic carbocycles. The second-order valence-corrected chi connectivity index (χ2v) is 7.31. The number of tetrazole rings is 1. The average Bonchev–Trinajstić information content (AvgIpc) is 3.26. The van der Waals surface area contributed by atoms with Crippen LogP contribution in [0.1, 0.15) is 18.4 Å². The lowest BCUT2D eigenvalue weighted by molar-refractivity contribution is -0.133. The molecule has 1 saturated carbocycles. The van der Waals surface area contributed by atoms with Crippen molar-refractivity contribution in [1.29, 1.82) is 0 Å². The number of thiophene rings is 1. The van der Waals surface area contributed by atoms with Gasteiger partial charge in [0, 0.05) is 12.6 Å². The molecule has 0 radical (unpaired) electrons. The van der Waals surface area contributed by atoms with Crippen molar-refractivity contribution in [3.8, 4) is 10.8 Å². The van der Waals surface area contributed by atoms with Gasteiger partial charge in [0.25, 0.3) is 0 Å². The van der Waals surface area contributed by atoms with Crippen molar-refractivity contribution in [2.24, 2.45) is 0 Å². The molecule has 27 heavy (non-hydrogen) atoms. The van der Waals surface area contributed by atoms with E-state index in [0.717, 1.165) is 28.8 Å². The van der Waals surface area contributed by atoms with Gasteiger partial charge in [-0.05, 0) is 58.5 Å². The summed E-state index contributed by atoms with van der Waals surface area (Å²) in [5, 5.41) is 10.3. The second kappa shape index (κ2) is 7.36. The third-order valence-corrected chi connectivity index (χ3v) is 5.30. The zero-order valence-corrected chi connectivity index (χ0v) is 15.6. The molecule has 1 aliphatic rings. The first-order chi connectivity index (χ1) is 13.2. The van der Waals surface area contributed by atoms with Crippen molar-refractivity contribution in [2.45, 2.75) is 32.0 Å². The molecule has 1 aliphatic carbocycles. The Morgan fingerprint density at radius 1 is 1.26 bits per heavy atom. The average molecular weight is 385 g/mol. The number of benzene rings is 1. The Labute approximate surface area is 159 Å². The second-order valence-electron chi connectivity index (χ2n) is 6.38. The number of carbonyl (C=O) groups is 1. The van der Waals surface area contributed by atoms with Crippen LogP contribution in [0.3, 0.4) is 0 Å². The SMILES string of the molecule is COc1ccc(CN(C(=O)Cn2nnn(-c3cccs3)c2=O)C2CC2)cc1. The van der Waals surface area contributed by atoms with Crippen molar-refractivity contribution >= 4 is 17.2 Å². The normalized spacial score (nSPS) is 13.5. The van der Waals surface area contributed by atoms with Crippen LogP contribution in [0.2, 0.25) is 0 Å². The Hall–Kier alpha value is -2.94. The third-order valence-electron chi connectivity index (χ3n) is 4.46. The van der Waals surface area contributed by atoms with E-state index in [1.165, 1.54) is 16.0 Å². The monoisotopic (exact) mass is 385 g/mol. The van der Waals surface area contributed by atoms with E-state index in [0.29, 0.717) is 11.5 Å². The maximum Gasteiger partial charge on any atom is 0.369 e. The fourth-order valence-electron chi connectivity index (χ4n) is 2.86. The molecule has 0 spiro atoms. The van der Waals surface area contributed by atoms with Crippen molar-refractivity contribution in [3.63, 3.8) is 0 Å². The molecule has 2 aromatic heterocycles. The molecule has 140 valence electrons. The number of nitrogens with zero attached hydrogens (tertiary/aromatic N) is 5. The maximum atomic E-state index is 12.8. The highest BCUT2D eigenvalue weighted by atomic mass is 32.1. The first-order valence-corrected chi connectivity index (χ1v) is 9.53. The minimum absolute atomic E-state index is 0.114. The highest BCUT2D eigenvalue weighted by Gasteiger charge is 2.33. The van der Waals surface area contributed by atoms with E-state index in [1.54, 1.807) is 13.2 Å². The Bertz CT molecular complexity index is 973. The van der Waals surface area contributed by atoms with Crippen LogP contribution in [0.4, 0.5) is 0 Å². The van der Waals surface area contributed by atoms with Gasteiger partial charge in [0.2, 0.25) is 5.91 Å². The van der Waals surface area contributed by atoms with Crippen LogP contribution in [0.5, 0.6) is 5.75 Å². The summed E-state index contributed by atoms with van der Waals surface area (Å²) in [5.74, 6) is 0.647. The fraction of sp³-hybridized carbons (Fsp3) is 0.333. The zero-order chi connectivity index (χ0) is 18.8. The topological polar surface area (TPSA) is 82.2 Å². The zero-order valence-electron chi connectivity index (χ0n) is 14.8. The number of aromatic nitrogens is 4. The lowest BCUT2D eigenvalue weighted by atomic mass is 10.2. The van der Waals surface area contributed by atoms with E-state index in [-0.39, 0.29) is 18.5 Å². The van der Waals surface area contributed by atoms with E-state index in [2.05, 4.69) is 10.4 Å². The van der Waals surface area contributed by atoms with E-state index >= 15 is 0 Å². The molecule has 9 heteroatoms. The Balaban J connectivity index is 1.49. The first kappa shape index (κ1) is 17.5. The van der Waals surface area contributed by atoms with Crippen molar-refractivity contribution in [2.75, 3.05) is 7.11 Å². The lowest BCUT2D eigenvalue weighted by Crippen LogP contribution is -2.38. The largest absolute Gasteiger partial charge is 0.497 e. The number of hydrogen-bond donors (Lipinski definition) is 0. The van der Waals surface area contributed by atoms with Gasteiger partial charge in [-0.1, -0.05) is 12.1 Å². The number of amides is 1. The molecule has 0 bridgehead atoms. The predicted octanol–water partition coefficient (Wildman–Crippen LogP) is 1.69. The van der Waals surface area contributed by atoms with E-state index in [9.17, 15) is 9.59 Å². The Morgan fingerprint density at radius 2 is 2.04 bits per heavy atom.